The number of nitrogens with two attached hydrogens (primary N) is 1. The molecule has 0 aliphatic heterocycles. The second-order valence-corrected chi connectivity index (χ2v) is 3.28. The fourth-order valence-electron chi connectivity index (χ4n) is 1.17. The van der Waals surface area contributed by atoms with Crippen molar-refractivity contribution in [3.05, 3.63) is 18.7 Å². The van der Waals surface area contributed by atoms with Gasteiger partial charge in [-0.3, -0.25) is 0 Å². The van der Waals surface area contributed by atoms with Crippen LogP contribution in [0.25, 0.3) is 11.4 Å². The summed E-state index contributed by atoms with van der Waals surface area (Å²) in [7, 11) is 0. The fraction of sp³-hybridized carbons (Fsp3) is 0.300. The van der Waals surface area contributed by atoms with Crippen molar-refractivity contribution in [3.8, 4) is 17.4 Å². The molecule has 0 saturated heterocycles. The Labute approximate surface area is 98.1 Å². The Kier molecular flexibility index (Phi) is 3.39. The Hall–Kier alpha value is -2.31. The van der Waals surface area contributed by atoms with Gasteiger partial charge >= 0.3 is 6.01 Å². The van der Waals surface area contributed by atoms with E-state index in [4.69, 9.17) is 10.5 Å². The quantitative estimate of drug-likeness (QED) is 0.828. The Morgan fingerprint density at radius 2 is 1.94 bits per heavy atom. The Morgan fingerprint density at radius 3 is 2.65 bits per heavy atom. The second kappa shape index (κ2) is 5.15. The molecule has 7 nitrogen and oxygen atoms in total. The van der Waals surface area contributed by atoms with Crippen LogP contribution in [0.2, 0.25) is 0 Å². The lowest BCUT2D eigenvalue weighted by atomic mass is 10.3. The molecule has 0 aliphatic carbocycles. The maximum Gasteiger partial charge on any atom is 0.321 e. The molecule has 0 unspecified atom stereocenters. The first-order chi connectivity index (χ1) is 8.29. The van der Waals surface area contributed by atoms with Gasteiger partial charge in [-0.25, -0.2) is 9.97 Å². The molecule has 2 rings (SSSR count). The summed E-state index contributed by atoms with van der Waals surface area (Å²) < 4.78 is 5.32. The topological polar surface area (TPSA) is 99.7 Å². The van der Waals surface area contributed by atoms with Crippen LogP contribution in [0.1, 0.15) is 13.3 Å². The van der Waals surface area contributed by atoms with Gasteiger partial charge in [-0.05, 0) is 6.42 Å². The Morgan fingerprint density at radius 1 is 1.18 bits per heavy atom. The van der Waals surface area contributed by atoms with Crippen molar-refractivity contribution < 1.29 is 4.74 Å². The second-order valence-electron chi connectivity index (χ2n) is 3.28. The van der Waals surface area contributed by atoms with E-state index in [1.165, 1.54) is 6.33 Å². The number of ether oxygens (including phenoxy) is 1. The van der Waals surface area contributed by atoms with Gasteiger partial charge in [0.1, 0.15) is 6.33 Å². The molecule has 2 aromatic heterocycles. The minimum atomic E-state index is 0.116. The first-order valence-electron chi connectivity index (χ1n) is 5.19. The van der Waals surface area contributed by atoms with Crippen molar-refractivity contribution in [3.63, 3.8) is 0 Å². The lowest BCUT2D eigenvalue weighted by molar-refractivity contribution is 0.292. The smallest absolute Gasteiger partial charge is 0.321 e. The molecule has 0 atom stereocenters. The summed E-state index contributed by atoms with van der Waals surface area (Å²) in [6.45, 7) is 2.53. The molecule has 0 spiro atoms. The highest BCUT2D eigenvalue weighted by Crippen LogP contribution is 2.15. The summed E-state index contributed by atoms with van der Waals surface area (Å²) in [6, 6.07) is 0.221. The number of hydrogen-bond acceptors (Lipinski definition) is 7. The normalized spacial score (nSPS) is 10.2. The number of aromatic nitrogens is 5. The highest BCUT2D eigenvalue weighted by atomic mass is 16.5. The van der Waals surface area contributed by atoms with Crippen molar-refractivity contribution in [1.82, 2.24) is 24.9 Å². The van der Waals surface area contributed by atoms with Gasteiger partial charge in [0.2, 0.25) is 5.95 Å². The molecule has 0 aliphatic rings. The highest BCUT2D eigenvalue weighted by Gasteiger charge is 2.07. The molecule has 2 aromatic rings. The molecular weight excluding hydrogens is 220 g/mol. The largest absolute Gasteiger partial charge is 0.463 e. The summed E-state index contributed by atoms with van der Waals surface area (Å²) in [6.07, 6.45) is 5.51. The van der Waals surface area contributed by atoms with Crippen LogP contribution in [0.3, 0.4) is 0 Å². The lowest BCUT2D eigenvalue weighted by Crippen LogP contribution is -2.05. The number of nitrogen functional groups attached to an aromatic ring is 1. The molecule has 7 heteroatoms. The summed E-state index contributed by atoms with van der Waals surface area (Å²) in [5.41, 5.74) is 6.25. The van der Waals surface area contributed by atoms with E-state index in [0.717, 1.165) is 6.42 Å². The zero-order valence-electron chi connectivity index (χ0n) is 9.37. The third-order valence-electron chi connectivity index (χ3n) is 1.89. The summed E-state index contributed by atoms with van der Waals surface area (Å²) in [5, 5.41) is 0. The van der Waals surface area contributed by atoms with E-state index in [-0.39, 0.29) is 12.0 Å². The van der Waals surface area contributed by atoms with Crippen LogP contribution in [-0.4, -0.2) is 31.5 Å². The van der Waals surface area contributed by atoms with Crippen LogP contribution in [0.4, 0.5) is 5.95 Å². The van der Waals surface area contributed by atoms with Crippen molar-refractivity contribution in [2.45, 2.75) is 13.3 Å². The molecule has 0 radical (unpaired) electrons. The first kappa shape index (κ1) is 11.2. The Balaban J connectivity index is 2.32. The Bertz CT molecular complexity index is 489. The molecule has 2 heterocycles. The predicted octanol–water partition coefficient (Wildman–Crippen LogP) is 0.700. The van der Waals surface area contributed by atoms with Gasteiger partial charge in [0.05, 0.1) is 12.2 Å². The van der Waals surface area contributed by atoms with Crippen LogP contribution in [0, 0.1) is 0 Å². The van der Waals surface area contributed by atoms with E-state index in [0.29, 0.717) is 18.0 Å². The number of hydrogen-bond donors (Lipinski definition) is 1. The van der Waals surface area contributed by atoms with E-state index in [2.05, 4.69) is 24.9 Å². The minimum absolute atomic E-state index is 0.116. The van der Waals surface area contributed by atoms with Crippen molar-refractivity contribution in [2.75, 3.05) is 12.3 Å². The fourth-order valence-corrected chi connectivity index (χ4v) is 1.17. The number of anilines is 1. The zero-order chi connectivity index (χ0) is 12.1. The third kappa shape index (κ3) is 2.83. The molecule has 0 amide bonds. The highest BCUT2D eigenvalue weighted by molar-refractivity contribution is 5.53. The van der Waals surface area contributed by atoms with Gasteiger partial charge in [-0.1, -0.05) is 6.92 Å². The van der Waals surface area contributed by atoms with E-state index in [9.17, 15) is 0 Å². The van der Waals surface area contributed by atoms with Crippen LogP contribution in [-0.2, 0) is 0 Å². The monoisotopic (exact) mass is 232 g/mol. The zero-order valence-corrected chi connectivity index (χ0v) is 9.37. The van der Waals surface area contributed by atoms with Crippen LogP contribution >= 0.6 is 0 Å². The molecule has 17 heavy (non-hydrogen) atoms. The maximum atomic E-state index is 5.59. The minimum Gasteiger partial charge on any atom is -0.463 e. The van der Waals surface area contributed by atoms with Gasteiger partial charge in [0, 0.05) is 12.4 Å². The third-order valence-corrected chi connectivity index (χ3v) is 1.89. The molecule has 88 valence electrons. The van der Waals surface area contributed by atoms with Crippen molar-refractivity contribution >= 4 is 5.95 Å². The van der Waals surface area contributed by atoms with E-state index >= 15 is 0 Å². The first-order valence-corrected chi connectivity index (χ1v) is 5.19. The van der Waals surface area contributed by atoms with E-state index in [1.807, 2.05) is 6.92 Å². The van der Waals surface area contributed by atoms with Crippen LogP contribution < -0.4 is 10.5 Å². The van der Waals surface area contributed by atoms with Gasteiger partial charge < -0.3 is 10.5 Å². The van der Waals surface area contributed by atoms with Crippen LogP contribution in [0.5, 0.6) is 6.01 Å². The maximum absolute atomic E-state index is 5.59. The standard InChI is InChI=1S/C10H12N6O/c1-2-3-17-10-15-8(14-9(11)16-10)7-4-12-6-13-5-7/h4-6H,2-3H2,1H3,(H2,11,14,15,16). The molecule has 0 aromatic carbocycles. The van der Waals surface area contributed by atoms with E-state index < -0.39 is 0 Å². The number of nitrogens with zero attached hydrogens (tertiary/aromatic N) is 5. The lowest BCUT2D eigenvalue weighted by Gasteiger charge is -2.05. The summed E-state index contributed by atoms with van der Waals surface area (Å²) in [4.78, 5) is 19.8. The van der Waals surface area contributed by atoms with Crippen molar-refractivity contribution in [1.29, 1.82) is 0 Å². The van der Waals surface area contributed by atoms with Gasteiger partial charge in [-0.2, -0.15) is 15.0 Å². The van der Waals surface area contributed by atoms with E-state index in [1.54, 1.807) is 12.4 Å². The van der Waals surface area contributed by atoms with Gasteiger partial charge in [0.25, 0.3) is 0 Å². The molecular formula is C10H12N6O. The van der Waals surface area contributed by atoms with Gasteiger partial charge in [0.15, 0.2) is 5.82 Å². The summed E-state index contributed by atoms with van der Waals surface area (Å²) >= 11 is 0. The average molecular weight is 232 g/mol. The van der Waals surface area contributed by atoms with Crippen molar-refractivity contribution in [2.24, 2.45) is 0 Å². The molecule has 2 N–H and O–H groups in total. The average Bonchev–Trinajstić information content (AvgIpc) is 2.37. The molecule has 0 bridgehead atoms. The SMILES string of the molecule is CCCOc1nc(N)nc(-c2cncnc2)n1. The molecule has 0 saturated carbocycles. The van der Waals surface area contributed by atoms with Gasteiger partial charge in [-0.15, -0.1) is 0 Å². The molecule has 0 fully saturated rings. The number of rotatable bonds is 4. The van der Waals surface area contributed by atoms with Crippen LogP contribution in [0.15, 0.2) is 18.7 Å². The summed E-state index contributed by atoms with van der Waals surface area (Å²) in [5.74, 6) is 0.522. The predicted molar refractivity (Wildman–Crippen MR) is 61.1 cm³/mol.